The molecule has 1 aromatic heterocycles. The number of carbonyl (C=O) groups is 2. The fourth-order valence-electron chi connectivity index (χ4n) is 7.14. The van der Waals surface area contributed by atoms with Crippen LogP contribution in [0, 0.1) is 0 Å². The molecule has 9 heteroatoms. The summed E-state index contributed by atoms with van der Waals surface area (Å²) in [4.78, 5) is 32.1. The molecule has 1 aliphatic carbocycles. The molecule has 1 aliphatic rings. The van der Waals surface area contributed by atoms with Gasteiger partial charge in [0.05, 0.1) is 39.4 Å². The number of fused-ring (bicyclic) bond motifs is 3. The van der Waals surface area contributed by atoms with E-state index < -0.39 is 18.2 Å². The highest BCUT2D eigenvalue weighted by Gasteiger charge is 2.35. The summed E-state index contributed by atoms with van der Waals surface area (Å²) in [5.74, 6) is 0.0941. The predicted octanol–water partition coefficient (Wildman–Crippen LogP) is 10.2. The second-order valence-electron chi connectivity index (χ2n) is 15.9. The molecule has 1 atom stereocenters. The number of allylic oxidation sites excluding steroid dienone is 1. The molecule has 9 nitrogen and oxygen atoms in total. The summed E-state index contributed by atoms with van der Waals surface area (Å²) in [5, 5.41) is 0. The Balaban J connectivity index is 1.37. The third-order valence-corrected chi connectivity index (χ3v) is 10.2. The Bertz CT molecular complexity index is 2180. The largest absolute Gasteiger partial charge is 0.513 e. The van der Waals surface area contributed by atoms with Gasteiger partial charge in [-0.25, -0.2) is 14.6 Å². The van der Waals surface area contributed by atoms with Crippen molar-refractivity contribution in [3.05, 3.63) is 137 Å². The second-order valence-corrected chi connectivity index (χ2v) is 15.9. The van der Waals surface area contributed by atoms with Crippen molar-refractivity contribution in [3.63, 3.8) is 0 Å². The molecule has 1 unspecified atom stereocenters. The van der Waals surface area contributed by atoms with Crippen LogP contribution < -0.4 is 9.47 Å². The zero-order chi connectivity index (χ0) is 39.7. The Labute approximate surface area is 323 Å². The van der Waals surface area contributed by atoms with E-state index in [1.54, 1.807) is 43.1 Å². The number of aromatic nitrogens is 2. The minimum Gasteiger partial charge on any atom is -0.497 e. The van der Waals surface area contributed by atoms with Gasteiger partial charge in [-0.2, -0.15) is 0 Å². The third-order valence-electron chi connectivity index (χ3n) is 10.2. The number of esters is 1. The number of benzene rings is 4. The lowest BCUT2D eigenvalue weighted by Gasteiger charge is -2.25. The Morgan fingerprint density at radius 3 is 1.95 bits per heavy atom. The number of nitrogens with zero attached hydrogens (tertiary/aromatic N) is 2. The van der Waals surface area contributed by atoms with Crippen molar-refractivity contribution in [2.45, 2.75) is 71.3 Å². The van der Waals surface area contributed by atoms with E-state index in [0.29, 0.717) is 22.8 Å². The lowest BCUT2D eigenvalue weighted by molar-refractivity contribution is -0.136. The molecular weight excluding hydrogens is 693 g/mol. The van der Waals surface area contributed by atoms with Crippen LogP contribution >= 0.6 is 0 Å². The smallest absolute Gasteiger partial charge is 0.497 e. The summed E-state index contributed by atoms with van der Waals surface area (Å²) >= 11 is 0. The van der Waals surface area contributed by atoms with Gasteiger partial charge in [0.1, 0.15) is 29.4 Å². The van der Waals surface area contributed by atoms with Crippen molar-refractivity contribution in [2.24, 2.45) is 0 Å². The molecule has 6 rings (SSSR count). The van der Waals surface area contributed by atoms with Crippen LogP contribution in [0.25, 0.3) is 22.4 Å². The summed E-state index contributed by atoms with van der Waals surface area (Å²) in [6.45, 7) is 14.7. The highest BCUT2D eigenvalue weighted by Crippen LogP contribution is 2.48. The molecule has 55 heavy (non-hydrogen) atoms. The Kier molecular flexibility index (Phi) is 11.0. The SMILES string of the molecule is COC(=O)C(=C(C)OC(=O)OCC1c2cc(C(C)(C)C)ccc2-c2ccc(C(C)(C)C)cc21)C(c1ccc(OC)cc1OC)n1cnc(-c2ccccc2)c1. The first-order valence-electron chi connectivity index (χ1n) is 18.4. The maximum atomic E-state index is 13.8. The van der Waals surface area contributed by atoms with Crippen molar-refractivity contribution >= 4 is 12.1 Å². The number of imidazole rings is 1. The van der Waals surface area contributed by atoms with E-state index >= 15 is 0 Å². The van der Waals surface area contributed by atoms with Crippen LogP contribution in [0.15, 0.2) is 109 Å². The summed E-state index contributed by atoms with van der Waals surface area (Å²) < 4.78 is 30.2. The topological polar surface area (TPSA) is 98.1 Å². The van der Waals surface area contributed by atoms with Crippen molar-refractivity contribution in [1.29, 1.82) is 0 Å². The lowest BCUT2D eigenvalue weighted by atomic mass is 9.83. The number of rotatable bonds is 10. The van der Waals surface area contributed by atoms with Gasteiger partial charge in [0, 0.05) is 29.3 Å². The van der Waals surface area contributed by atoms with E-state index in [9.17, 15) is 9.59 Å². The van der Waals surface area contributed by atoms with E-state index in [4.69, 9.17) is 23.7 Å². The zero-order valence-corrected chi connectivity index (χ0v) is 33.4. The van der Waals surface area contributed by atoms with Gasteiger partial charge in [-0.3, -0.25) is 0 Å². The molecule has 0 spiro atoms. The molecule has 0 N–H and O–H groups in total. The van der Waals surface area contributed by atoms with Gasteiger partial charge in [-0.05, 0) is 63.3 Å². The van der Waals surface area contributed by atoms with Crippen molar-refractivity contribution in [3.8, 4) is 33.9 Å². The van der Waals surface area contributed by atoms with Crippen LogP contribution in [0.4, 0.5) is 4.79 Å². The zero-order valence-electron chi connectivity index (χ0n) is 33.4. The van der Waals surface area contributed by atoms with Crippen LogP contribution in [-0.4, -0.2) is 49.6 Å². The minimum absolute atomic E-state index is 0.00643. The van der Waals surface area contributed by atoms with Gasteiger partial charge >= 0.3 is 12.1 Å². The molecule has 0 saturated carbocycles. The van der Waals surface area contributed by atoms with Gasteiger partial charge in [-0.1, -0.05) is 108 Å². The standard InChI is InChI=1S/C46H50N2O7/c1-28(55-44(50)54-26-38-36-22-30(45(2,3)4)16-19-33(36)34-20-17-31(23-37(34)38)46(5,6)7)41(43(49)53-10)42(35-21-18-32(51-8)24-40(35)52-9)48-25-39(47-27-48)29-14-12-11-13-15-29/h11-25,27,38,42H,26H2,1-10H3. The van der Waals surface area contributed by atoms with Crippen LogP contribution in [0.1, 0.15) is 88.2 Å². The molecule has 5 aromatic rings. The molecule has 0 aliphatic heterocycles. The van der Waals surface area contributed by atoms with Gasteiger partial charge in [0.25, 0.3) is 0 Å². The van der Waals surface area contributed by atoms with Crippen molar-refractivity contribution < 1.29 is 33.3 Å². The highest BCUT2D eigenvalue weighted by molar-refractivity contribution is 5.91. The maximum Gasteiger partial charge on any atom is 0.513 e. The Morgan fingerprint density at radius 1 is 0.782 bits per heavy atom. The molecule has 1 heterocycles. The van der Waals surface area contributed by atoms with E-state index in [2.05, 4.69) is 82.9 Å². The number of ether oxygens (including phenoxy) is 5. The van der Waals surface area contributed by atoms with Crippen LogP contribution in [-0.2, 0) is 29.8 Å². The average Bonchev–Trinajstić information content (AvgIpc) is 3.77. The molecule has 0 radical (unpaired) electrons. The molecular formula is C46H50N2O7. The number of hydrogen-bond donors (Lipinski definition) is 0. The molecule has 0 fully saturated rings. The summed E-state index contributed by atoms with van der Waals surface area (Å²) in [6, 6.07) is 27.3. The van der Waals surface area contributed by atoms with E-state index in [1.165, 1.54) is 25.3 Å². The summed E-state index contributed by atoms with van der Waals surface area (Å²) in [5.41, 5.74) is 8.91. The number of carbonyl (C=O) groups excluding carboxylic acids is 2. The van der Waals surface area contributed by atoms with E-state index in [0.717, 1.165) is 27.8 Å². The van der Waals surface area contributed by atoms with E-state index in [1.807, 2.05) is 36.5 Å². The Hall–Kier alpha value is -5.83. The Morgan fingerprint density at radius 2 is 1.40 bits per heavy atom. The normalized spacial score (nSPS) is 13.6. The molecule has 0 amide bonds. The fraction of sp³-hybridized carbons (Fsp3) is 0.326. The highest BCUT2D eigenvalue weighted by atomic mass is 16.7. The van der Waals surface area contributed by atoms with E-state index in [-0.39, 0.29) is 34.7 Å². The first-order valence-corrected chi connectivity index (χ1v) is 18.4. The van der Waals surface area contributed by atoms with Crippen molar-refractivity contribution in [1.82, 2.24) is 9.55 Å². The molecule has 0 bridgehead atoms. The summed E-state index contributed by atoms with van der Waals surface area (Å²) in [6.07, 6.45) is 2.51. The van der Waals surface area contributed by atoms with Gasteiger partial charge < -0.3 is 28.3 Å². The molecule has 286 valence electrons. The maximum absolute atomic E-state index is 13.8. The lowest BCUT2D eigenvalue weighted by Crippen LogP contribution is -2.23. The number of methoxy groups -OCH3 is 3. The molecule has 4 aromatic carbocycles. The van der Waals surface area contributed by atoms with Crippen LogP contribution in [0.5, 0.6) is 11.5 Å². The first-order chi connectivity index (χ1) is 26.1. The van der Waals surface area contributed by atoms with Crippen LogP contribution in [0.2, 0.25) is 0 Å². The van der Waals surface area contributed by atoms with Gasteiger partial charge in [0.2, 0.25) is 0 Å². The second kappa shape index (κ2) is 15.5. The van der Waals surface area contributed by atoms with Gasteiger partial charge in [0.15, 0.2) is 0 Å². The van der Waals surface area contributed by atoms with Gasteiger partial charge in [-0.15, -0.1) is 0 Å². The average molecular weight is 743 g/mol. The quantitative estimate of drug-likeness (QED) is 0.0793. The monoisotopic (exact) mass is 742 g/mol. The minimum atomic E-state index is -0.941. The fourth-order valence-corrected chi connectivity index (χ4v) is 7.14. The molecule has 0 saturated heterocycles. The predicted molar refractivity (Wildman–Crippen MR) is 214 cm³/mol. The summed E-state index contributed by atoms with van der Waals surface area (Å²) in [7, 11) is 4.38. The van der Waals surface area contributed by atoms with Crippen molar-refractivity contribution in [2.75, 3.05) is 27.9 Å². The number of hydrogen-bond acceptors (Lipinski definition) is 8. The first kappa shape index (κ1) is 38.9. The van der Waals surface area contributed by atoms with Crippen LogP contribution in [0.3, 0.4) is 0 Å². The third kappa shape index (κ3) is 8.02.